The maximum atomic E-state index is 13.4. The highest BCUT2D eigenvalue weighted by atomic mass is 35.5. The summed E-state index contributed by atoms with van der Waals surface area (Å²) in [6, 6.07) is 12.0. The molecule has 30 heavy (non-hydrogen) atoms. The van der Waals surface area contributed by atoms with Gasteiger partial charge in [0.15, 0.2) is 5.13 Å². The van der Waals surface area contributed by atoms with Gasteiger partial charge in [0.1, 0.15) is 0 Å². The Bertz CT molecular complexity index is 959. The molecule has 0 saturated heterocycles. The first-order valence-electron chi connectivity index (χ1n) is 9.88. The summed E-state index contributed by atoms with van der Waals surface area (Å²) in [5.74, 6) is 0.00145. The fraction of sp³-hybridized carbons (Fsp3) is 0.391. The summed E-state index contributed by atoms with van der Waals surface area (Å²) in [7, 11) is 8.09. The second-order valence-electron chi connectivity index (χ2n) is 7.96. The number of benzene rings is 2. The van der Waals surface area contributed by atoms with Crippen LogP contribution in [0.2, 0.25) is 0 Å². The second-order valence-corrected chi connectivity index (χ2v) is 8.96. The smallest absolute Gasteiger partial charge is 0.260 e. The monoisotopic (exact) mass is 446 g/mol. The molecule has 3 rings (SSSR count). The average Bonchev–Trinajstić information content (AvgIpc) is 3.07. The zero-order chi connectivity index (χ0) is 21.1. The van der Waals surface area contributed by atoms with Crippen molar-refractivity contribution in [3.63, 3.8) is 0 Å². The van der Waals surface area contributed by atoms with Crippen LogP contribution in [0.1, 0.15) is 27.9 Å². The van der Waals surface area contributed by atoms with E-state index in [4.69, 9.17) is 4.98 Å². The summed E-state index contributed by atoms with van der Waals surface area (Å²) in [5, 5.41) is 0.769. The van der Waals surface area contributed by atoms with Crippen LogP contribution in [0.5, 0.6) is 0 Å². The maximum Gasteiger partial charge on any atom is 0.260 e. The molecule has 3 aromatic rings. The first-order valence-corrected chi connectivity index (χ1v) is 10.7. The molecule has 162 valence electrons. The van der Waals surface area contributed by atoms with Gasteiger partial charge in [0.05, 0.1) is 10.2 Å². The highest BCUT2D eigenvalue weighted by Gasteiger charge is 2.21. The molecule has 1 aromatic heterocycles. The molecule has 0 fully saturated rings. The van der Waals surface area contributed by atoms with E-state index in [9.17, 15) is 4.79 Å². The van der Waals surface area contributed by atoms with Gasteiger partial charge in [0.2, 0.25) is 0 Å². The van der Waals surface area contributed by atoms with Gasteiger partial charge in [0, 0.05) is 31.9 Å². The zero-order valence-electron chi connectivity index (χ0n) is 18.6. The molecule has 0 aliphatic carbocycles. The van der Waals surface area contributed by atoms with Crippen LogP contribution >= 0.6 is 23.7 Å². The molecule has 0 unspecified atom stereocenters. The minimum absolute atomic E-state index is 0. The summed E-state index contributed by atoms with van der Waals surface area (Å²) in [4.78, 5) is 24.2. The van der Waals surface area contributed by atoms with Gasteiger partial charge in [-0.15, -0.1) is 12.4 Å². The van der Waals surface area contributed by atoms with Gasteiger partial charge < -0.3 is 9.80 Å². The Hall–Kier alpha value is -2.15. The number of halogens is 1. The molecule has 2 aromatic carbocycles. The van der Waals surface area contributed by atoms with Gasteiger partial charge in [-0.05, 0) is 88.4 Å². The quantitative estimate of drug-likeness (QED) is 0.512. The van der Waals surface area contributed by atoms with Gasteiger partial charge in [-0.3, -0.25) is 9.69 Å². The Morgan fingerprint density at radius 3 is 2.20 bits per heavy atom. The number of anilines is 2. The normalized spacial score (nSPS) is 10.9. The van der Waals surface area contributed by atoms with E-state index in [1.165, 1.54) is 11.1 Å². The van der Waals surface area contributed by atoms with Gasteiger partial charge in [-0.25, -0.2) is 4.98 Å². The number of amides is 1. The van der Waals surface area contributed by atoms with E-state index in [1.54, 1.807) is 11.3 Å². The van der Waals surface area contributed by atoms with E-state index >= 15 is 0 Å². The molecule has 1 amide bonds. The summed E-state index contributed by atoms with van der Waals surface area (Å²) in [5.41, 5.74) is 5.19. The first kappa shape index (κ1) is 24.1. The Labute approximate surface area is 189 Å². The van der Waals surface area contributed by atoms with E-state index in [0.29, 0.717) is 12.1 Å². The highest BCUT2D eigenvalue weighted by molar-refractivity contribution is 7.22. The van der Waals surface area contributed by atoms with Crippen LogP contribution in [0.25, 0.3) is 10.2 Å². The number of thiazole rings is 1. The van der Waals surface area contributed by atoms with Gasteiger partial charge >= 0.3 is 0 Å². The van der Waals surface area contributed by atoms with Crippen LogP contribution < -0.4 is 9.80 Å². The molecule has 0 atom stereocenters. The molecule has 5 nitrogen and oxygen atoms in total. The van der Waals surface area contributed by atoms with Gasteiger partial charge in [0.25, 0.3) is 5.91 Å². The van der Waals surface area contributed by atoms with Crippen molar-refractivity contribution in [1.82, 2.24) is 9.88 Å². The molecule has 0 aliphatic rings. The van der Waals surface area contributed by atoms with Gasteiger partial charge in [-0.1, -0.05) is 11.3 Å². The number of carbonyl (C=O) groups is 1. The molecule has 0 spiro atoms. The van der Waals surface area contributed by atoms with E-state index in [0.717, 1.165) is 34.0 Å². The van der Waals surface area contributed by atoms with Crippen molar-refractivity contribution in [1.29, 1.82) is 0 Å². The number of hydrogen-bond donors (Lipinski definition) is 0. The Morgan fingerprint density at radius 1 is 0.967 bits per heavy atom. The van der Waals surface area contributed by atoms with Crippen LogP contribution in [-0.2, 0) is 0 Å². The summed E-state index contributed by atoms with van der Waals surface area (Å²) < 4.78 is 1.12. The molecule has 0 bridgehead atoms. The largest absolute Gasteiger partial charge is 0.378 e. The van der Waals surface area contributed by atoms with Crippen molar-refractivity contribution in [3.8, 4) is 0 Å². The maximum absolute atomic E-state index is 13.4. The number of nitrogens with zero attached hydrogens (tertiary/aromatic N) is 4. The predicted molar refractivity (Wildman–Crippen MR) is 132 cm³/mol. The van der Waals surface area contributed by atoms with E-state index in [2.05, 4.69) is 45.0 Å². The van der Waals surface area contributed by atoms with Crippen molar-refractivity contribution in [2.75, 3.05) is 51.1 Å². The summed E-state index contributed by atoms with van der Waals surface area (Å²) >= 11 is 1.59. The third-order valence-corrected chi connectivity index (χ3v) is 6.13. The van der Waals surface area contributed by atoms with Crippen molar-refractivity contribution in [3.05, 3.63) is 53.1 Å². The third kappa shape index (κ3) is 5.50. The lowest BCUT2D eigenvalue weighted by Gasteiger charge is -2.21. The van der Waals surface area contributed by atoms with E-state index in [-0.39, 0.29) is 18.3 Å². The average molecular weight is 447 g/mol. The first-order chi connectivity index (χ1) is 13.8. The number of carbonyl (C=O) groups excluding carboxylic acids is 1. The fourth-order valence-corrected chi connectivity index (χ4v) is 4.24. The summed E-state index contributed by atoms with van der Waals surface area (Å²) in [6.07, 6.45) is 0.891. The molecule has 0 aliphatic heterocycles. The van der Waals surface area contributed by atoms with Crippen molar-refractivity contribution in [2.45, 2.75) is 20.3 Å². The fourth-order valence-electron chi connectivity index (χ4n) is 3.17. The molecule has 0 N–H and O–H groups in total. The van der Waals surface area contributed by atoms with Crippen LogP contribution in [-0.4, -0.2) is 57.1 Å². The summed E-state index contributed by atoms with van der Waals surface area (Å²) in [6.45, 7) is 5.78. The van der Waals surface area contributed by atoms with Crippen molar-refractivity contribution in [2.24, 2.45) is 0 Å². The number of hydrogen-bond acceptors (Lipinski definition) is 5. The van der Waals surface area contributed by atoms with Gasteiger partial charge in [-0.2, -0.15) is 0 Å². The lowest BCUT2D eigenvalue weighted by molar-refractivity contribution is 0.0986. The molecule has 7 heteroatoms. The second kappa shape index (κ2) is 10.2. The third-order valence-electron chi connectivity index (χ3n) is 5.09. The molecular weight excluding hydrogens is 416 g/mol. The van der Waals surface area contributed by atoms with Crippen LogP contribution in [0.3, 0.4) is 0 Å². The highest BCUT2D eigenvalue weighted by Crippen LogP contribution is 2.32. The molecule has 1 heterocycles. The van der Waals surface area contributed by atoms with E-state index < -0.39 is 0 Å². The number of fused-ring (bicyclic) bond motifs is 1. The lowest BCUT2D eigenvalue weighted by atomic mass is 10.1. The van der Waals surface area contributed by atoms with E-state index in [1.807, 2.05) is 48.2 Å². The molecule has 0 saturated carbocycles. The molecular formula is C23H31ClN4OS. The number of aromatic nitrogens is 1. The SMILES string of the molecule is Cc1cc2nc(N(CCCN(C)C)C(=O)c3ccc(N(C)C)cc3)sc2cc1C.Cl. The Balaban J connectivity index is 0.00000320. The standard InChI is InChI=1S/C23H30N4OS.ClH/c1-16-14-20-21(15-17(16)2)29-23(24-20)27(13-7-12-25(3)4)22(28)18-8-10-19(11-9-18)26(5)6;/h8-11,14-15H,7,12-13H2,1-6H3;1H. The molecule has 0 radical (unpaired) electrons. The Kier molecular flexibility index (Phi) is 8.24. The topological polar surface area (TPSA) is 39.7 Å². The van der Waals surface area contributed by atoms with Crippen LogP contribution in [0, 0.1) is 13.8 Å². The number of rotatable bonds is 7. The zero-order valence-corrected chi connectivity index (χ0v) is 20.2. The van der Waals surface area contributed by atoms with Crippen molar-refractivity contribution >= 4 is 50.7 Å². The lowest BCUT2D eigenvalue weighted by Crippen LogP contribution is -2.33. The minimum atomic E-state index is 0. The van der Waals surface area contributed by atoms with Crippen LogP contribution in [0.15, 0.2) is 36.4 Å². The minimum Gasteiger partial charge on any atom is -0.378 e. The van der Waals surface area contributed by atoms with Crippen molar-refractivity contribution < 1.29 is 4.79 Å². The predicted octanol–water partition coefficient (Wildman–Crippen LogP) is 5.00. The van der Waals surface area contributed by atoms with Crippen LogP contribution in [0.4, 0.5) is 10.8 Å². The Morgan fingerprint density at radius 2 is 1.60 bits per heavy atom. The number of aryl methyl sites for hydroxylation is 2.